The third-order valence-electron chi connectivity index (χ3n) is 2.16. The van der Waals surface area contributed by atoms with Gasteiger partial charge in [0.1, 0.15) is 5.82 Å². The Labute approximate surface area is 92.3 Å². The van der Waals surface area contributed by atoms with E-state index in [1.807, 2.05) is 7.05 Å². The number of hydrogen-bond donors (Lipinski definition) is 1. The van der Waals surface area contributed by atoms with Crippen molar-refractivity contribution in [1.29, 1.82) is 0 Å². The lowest BCUT2D eigenvalue weighted by Crippen LogP contribution is -2.27. The average Bonchev–Trinajstić information content (AvgIpc) is 2.25. The van der Waals surface area contributed by atoms with Gasteiger partial charge in [0.2, 0.25) is 0 Å². The summed E-state index contributed by atoms with van der Waals surface area (Å²) in [5, 5.41) is 2.95. The second-order valence-corrected chi connectivity index (χ2v) is 3.43. The van der Waals surface area contributed by atoms with Crippen LogP contribution in [0.4, 0.5) is 19.0 Å². The van der Waals surface area contributed by atoms with Crippen molar-refractivity contribution >= 4 is 5.82 Å². The molecule has 1 aromatic rings. The van der Waals surface area contributed by atoms with Crippen molar-refractivity contribution < 1.29 is 13.2 Å². The Balaban J connectivity index is 2.71. The van der Waals surface area contributed by atoms with E-state index in [1.165, 1.54) is 6.07 Å². The Kier molecular flexibility index (Phi) is 4.12. The molecule has 0 radical (unpaired) electrons. The van der Waals surface area contributed by atoms with Gasteiger partial charge < -0.3 is 10.2 Å². The second kappa shape index (κ2) is 5.16. The highest BCUT2D eigenvalue weighted by molar-refractivity contribution is 5.38. The molecule has 0 fully saturated rings. The van der Waals surface area contributed by atoms with Gasteiger partial charge in [-0.15, -0.1) is 0 Å². The van der Waals surface area contributed by atoms with Gasteiger partial charge in [0.15, 0.2) is 0 Å². The summed E-state index contributed by atoms with van der Waals surface area (Å²) < 4.78 is 36.8. The van der Waals surface area contributed by atoms with E-state index in [4.69, 9.17) is 0 Å². The highest BCUT2D eigenvalue weighted by Crippen LogP contribution is 2.29. The second-order valence-electron chi connectivity index (χ2n) is 3.43. The topological polar surface area (TPSA) is 28.2 Å². The number of hydrogen-bond acceptors (Lipinski definition) is 3. The minimum absolute atomic E-state index is 0.531. The molecule has 0 atom stereocenters. The van der Waals surface area contributed by atoms with E-state index in [2.05, 4.69) is 10.3 Å². The summed E-state index contributed by atoms with van der Waals surface area (Å²) in [5.41, 5.74) is -0.724. The molecule has 1 N–H and O–H groups in total. The van der Waals surface area contributed by atoms with Crippen molar-refractivity contribution in [3.63, 3.8) is 0 Å². The van der Waals surface area contributed by atoms with Crippen LogP contribution in [0, 0.1) is 0 Å². The maximum atomic E-state index is 12.3. The Morgan fingerprint density at radius 3 is 2.50 bits per heavy atom. The first kappa shape index (κ1) is 12.8. The molecule has 90 valence electrons. The minimum Gasteiger partial charge on any atom is -0.358 e. The van der Waals surface area contributed by atoms with Gasteiger partial charge in [-0.1, -0.05) is 0 Å². The van der Waals surface area contributed by atoms with Crippen LogP contribution in [0.15, 0.2) is 18.3 Å². The number of anilines is 1. The summed E-state index contributed by atoms with van der Waals surface area (Å²) in [6, 6.07) is 2.41. The lowest BCUT2D eigenvalue weighted by molar-refractivity contribution is -0.137. The largest absolute Gasteiger partial charge is 0.417 e. The fraction of sp³-hybridized carbons (Fsp3) is 0.500. The standard InChI is InChI=1S/C10H14F3N3/c1-14-5-6-16(2)9-4-3-8(7-15-9)10(11,12)13/h3-4,7,14H,5-6H2,1-2H3. The van der Waals surface area contributed by atoms with E-state index in [9.17, 15) is 13.2 Å². The molecule has 0 aromatic carbocycles. The van der Waals surface area contributed by atoms with Gasteiger partial charge in [-0.2, -0.15) is 13.2 Å². The predicted octanol–water partition coefficient (Wildman–Crippen LogP) is 1.76. The molecular weight excluding hydrogens is 219 g/mol. The zero-order valence-corrected chi connectivity index (χ0v) is 9.17. The van der Waals surface area contributed by atoms with Crippen LogP contribution in [0.3, 0.4) is 0 Å². The molecule has 0 bridgehead atoms. The van der Waals surface area contributed by atoms with E-state index < -0.39 is 11.7 Å². The molecule has 1 rings (SSSR count). The maximum Gasteiger partial charge on any atom is 0.417 e. The maximum absolute atomic E-state index is 12.3. The highest BCUT2D eigenvalue weighted by atomic mass is 19.4. The fourth-order valence-electron chi connectivity index (χ4n) is 1.17. The molecule has 16 heavy (non-hydrogen) atoms. The van der Waals surface area contributed by atoms with Crippen LogP contribution in [0.2, 0.25) is 0 Å². The number of rotatable bonds is 4. The molecule has 0 saturated heterocycles. The third kappa shape index (κ3) is 3.37. The lowest BCUT2D eigenvalue weighted by atomic mass is 10.3. The Hall–Kier alpha value is -1.30. The van der Waals surface area contributed by atoms with Gasteiger partial charge in [0, 0.05) is 26.3 Å². The number of aromatic nitrogens is 1. The van der Waals surface area contributed by atoms with Gasteiger partial charge in [-0.05, 0) is 19.2 Å². The zero-order valence-electron chi connectivity index (χ0n) is 9.17. The number of pyridine rings is 1. The Bertz CT molecular complexity index is 321. The van der Waals surface area contributed by atoms with Crippen LogP contribution in [-0.2, 0) is 6.18 Å². The molecule has 0 aliphatic rings. The summed E-state index contributed by atoms with van der Waals surface area (Å²) in [6.45, 7) is 1.44. The summed E-state index contributed by atoms with van der Waals surface area (Å²) in [5.74, 6) is 0.531. The van der Waals surface area contributed by atoms with Crippen molar-refractivity contribution in [2.24, 2.45) is 0 Å². The molecule has 0 amide bonds. The van der Waals surface area contributed by atoms with Crippen LogP contribution in [0.25, 0.3) is 0 Å². The number of nitrogens with zero attached hydrogens (tertiary/aromatic N) is 2. The number of alkyl halides is 3. The van der Waals surface area contributed by atoms with Crippen molar-refractivity contribution in [3.05, 3.63) is 23.9 Å². The van der Waals surface area contributed by atoms with E-state index in [0.29, 0.717) is 12.4 Å². The summed E-state index contributed by atoms with van der Waals surface area (Å²) >= 11 is 0. The number of halogens is 3. The smallest absolute Gasteiger partial charge is 0.358 e. The van der Waals surface area contributed by atoms with Gasteiger partial charge in [0.05, 0.1) is 5.56 Å². The first-order chi connectivity index (χ1) is 7.45. The molecular formula is C10H14F3N3. The summed E-state index contributed by atoms with van der Waals surface area (Å²) in [7, 11) is 3.60. The van der Waals surface area contributed by atoms with E-state index in [-0.39, 0.29) is 0 Å². The van der Waals surface area contributed by atoms with Crippen LogP contribution in [-0.4, -0.2) is 32.2 Å². The molecule has 0 unspecified atom stereocenters. The summed E-state index contributed by atoms with van der Waals surface area (Å²) in [4.78, 5) is 5.56. The molecule has 1 heterocycles. The lowest BCUT2D eigenvalue weighted by Gasteiger charge is -2.18. The molecule has 0 aliphatic heterocycles. The van der Waals surface area contributed by atoms with E-state index in [1.54, 1.807) is 11.9 Å². The van der Waals surface area contributed by atoms with E-state index in [0.717, 1.165) is 18.8 Å². The van der Waals surface area contributed by atoms with Crippen LogP contribution in [0.1, 0.15) is 5.56 Å². The van der Waals surface area contributed by atoms with Crippen molar-refractivity contribution in [2.45, 2.75) is 6.18 Å². The van der Waals surface area contributed by atoms with Gasteiger partial charge >= 0.3 is 6.18 Å². The fourth-order valence-corrected chi connectivity index (χ4v) is 1.17. The van der Waals surface area contributed by atoms with Gasteiger partial charge in [-0.3, -0.25) is 0 Å². The van der Waals surface area contributed by atoms with Crippen molar-refractivity contribution in [1.82, 2.24) is 10.3 Å². The van der Waals surface area contributed by atoms with Crippen LogP contribution >= 0.6 is 0 Å². The first-order valence-electron chi connectivity index (χ1n) is 4.84. The van der Waals surface area contributed by atoms with Crippen molar-refractivity contribution in [2.75, 3.05) is 32.1 Å². The predicted molar refractivity (Wildman–Crippen MR) is 56.4 cm³/mol. The Morgan fingerprint density at radius 1 is 1.38 bits per heavy atom. The number of nitrogens with one attached hydrogen (secondary N) is 1. The minimum atomic E-state index is -4.32. The quantitative estimate of drug-likeness (QED) is 0.858. The van der Waals surface area contributed by atoms with Crippen molar-refractivity contribution in [3.8, 4) is 0 Å². The van der Waals surface area contributed by atoms with E-state index >= 15 is 0 Å². The van der Waals surface area contributed by atoms with Gasteiger partial charge in [-0.25, -0.2) is 4.98 Å². The molecule has 0 aliphatic carbocycles. The molecule has 6 heteroatoms. The Morgan fingerprint density at radius 2 is 2.06 bits per heavy atom. The molecule has 3 nitrogen and oxygen atoms in total. The molecule has 0 saturated carbocycles. The number of likely N-dealkylation sites (N-methyl/N-ethyl adjacent to an activating group) is 2. The average molecular weight is 233 g/mol. The zero-order chi connectivity index (χ0) is 12.2. The normalized spacial score (nSPS) is 11.6. The monoisotopic (exact) mass is 233 g/mol. The van der Waals surface area contributed by atoms with Crippen LogP contribution < -0.4 is 10.2 Å². The van der Waals surface area contributed by atoms with Gasteiger partial charge in [0.25, 0.3) is 0 Å². The first-order valence-corrected chi connectivity index (χ1v) is 4.84. The van der Waals surface area contributed by atoms with Crippen LogP contribution in [0.5, 0.6) is 0 Å². The molecule has 0 spiro atoms. The SMILES string of the molecule is CNCCN(C)c1ccc(C(F)(F)F)cn1. The highest BCUT2D eigenvalue weighted by Gasteiger charge is 2.30. The summed E-state index contributed by atoms with van der Waals surface area (Å²) in [6.07, 6.45) is -3.47. The third-order valence-corrected chi connectivity index (χ3v) is 2.16. The molecule has 1 aromatic heterocycles.